The Morgan fingerprint density at radius 2 is 1.62 bits per heavy atom. The number of aliphatic hydroxyl groups is 1. The van der Waals surface area contributed by atoms with Gasteiger partial charge in [0.15, 0.2) is 11.9 Å². The largest absolute Gasteiger partial charge is 0.378 e. The molecule has 2 amide bonds. The lowest BCUT2D eigenvalue weighted by Gasteiger charge is -2.18. The van der Waals surface area contributed by atoms with E-state index in [2.05, 4.69) is 15.6 Å². The number of amides is 2. The number of nitrogens with one attached hydrogen (secondary N) is 2. The van der Waals surface area contributed by atoms with Gasteiger partial charge in [0.05, 0.1) is 0 Å². The zero-order chi connectivity index (χ0) is 23.0. The Morgan fingerprint density at radius 1 is 0.969 bits per heavy atom. The van der Waals surface area contributed by atoms with Crippen molar-refractivity contribution in [2.24, 2.45) is 0 Å². The molecule has 0 saturated carbocycles. The second-order valence-electron chi connectivity index (χ2n) is 7.28. The van der Waals surface area contributed by atoms with Crippen LogP contribution in [0.25, 0.3) is 11.1 Å². The number of anilines is 1. The molecule has 9 heteroatoms. The topological polar surface area (TPSA) is 108 Å². The molecule has 32 heavy (non-hydrogen) atoms. The monoisotopic (exact) mass is 437 g/mol. The average Bonchev–Trinajstić information content (AvgIpc) is 3.05. The van der Waals surface area contributed by atoms with Gasteiger partial charge in [-0.2, -0.15) is 0 Å². The van der Waals surface area contributed by atoms with Crippen LogP contribution in [-0.4, -0.2) is 33.7 Å². The van der Waals surface area contributed by atoms with Crippen LogP contribution in [0.15, 0.2) is 54.7 Å². The molecule has 4 rings (SSSR count). The molecule has 2 aromatic carbocycles. The molecule has 2 atom stereocenters. The lowest BCUT2D eigenvalue weighted by Crippen LogP contribution is -2.43. The third-order valence-corrected chi connectivity index (χ3v) is 5.08. The summed E-state index contributed by atoms with van der Waals surface area (Å²) in [4.78, 5) is 41.7. The Balaban J connectivity index is 1.50. The van der Waals surface area contributed by atoms with E-state index in [0.29, 0.717) is 28.3 Å². The number of pyridine rings is 1. The molecular weight excluding hydrogens is 420 g/mol. The van der Waals surface area contributed by atoms with E-state index >= 15 is 0 Å². The van der Waals surface area contributed by atoms with Crippen molar-refractivity contribution in [1.82, 2.24) is 10.3 Å². The number of ketones is 1. The SMILES string of the molecule is C[C@H](NC(=O)[C@@H](O)c1cc(F)cc(F)c1)C(=O)Nc1nccc2c1-c1ccccc1C2=O. The van der Waals surface area contributed by atoms with Crippen LogP contribution in [0, 0.1) is 11.6 Å². The molecule has 1 heterocycles. The van der Waals surface area contributed by atoms with Gasteiger partial charge in [0.1, 0.15) is 23.5 Å². The van der Waals surface area contributed by atoms with E-state index in [9.17, 15) is 28.3 Å². The Labute approximate surface area is 181 Å². The summed E-state index contributed by atoms with van der Waals surface area (Å²) in [5.74, 6) is -3.59. The Morgan fingerprint density at radius 3 is 2.31 bits per heavy atom. The molecule has 3 aromatic rings. The maximum absolute atomic E-state index is 13.3. The van der Waals surface area contributed by atoms with Gasteiger partial charge in [0.2, 0.25) is 5.91 Å². The first-order valence-electron chi connectivity index (χ1n) is 9.64. The average molecular weight is 437 g/mol. The van der Waals surface area contributed by atoms with Crippen LogP contribution in [0.4, 0.5) is 14.6 Å². The van der Waals surface area contributed by atoms with Crippen LogP contribution in [-0.2, 0) is 9.59 Å². The normalized spacial score (nSPS) is 13.7. The summed E-state index contributed by atoms with van der Waals surface area (Å²) < 4.78 is 26.7. The number of benzene rings is 2. The lowest BCUT2D eigenvalue weighted by atomic mass is 10.1. The van der Waals surface area contributed by atoms with E-state index in [1.165, 1.54) is 13.1 Å². The third kappa shape index (κ3) is 3.85. The molecule has 1 aliphatic carbocycles. The number of rotatable bonds is 5. The molecule has 0 unspecified atom stereocenters. The number of aliphatic hydroxyl groups excluding tert-OH is 1. The minimum Gasteiger partial charge on any atom is -0.378 e. The Kier molecular flexibility index (Phi) is 5.50. The second-order valence-corrected chi connectivity index (χ2v) is 7.28. The molecule has 1 aliphatic rings. The summed E-state index contributed by atoms with van der Waals surface area (Å²) in [7, 11) is 0. The van der Waals surface area contributed by atoms with Crippen molar-refractivity contribution in [2.45, 2.75) is 19.1 Å². The highest BCUT2D eigenvalue weighted by Gasteiger charge is 2.30. The Hall–Kier alpha value is -3.98. The van der Waals surface area contributed by atoms with E-state index < -0.39 is 35.6 Å². The van der Waals surface area contributed by atoms with E-state index in [-0.39, 0.29) is 17.2 Å². The maximum atomic E-state index is 13.3. The zero-order valence-electron chi connectivity index (χ0n) is 16.7. The minimum atomic E-state index is -1.88. The van der Waals surface area contributed by atoms with Gasteiger partial charge < -0.3 is 15.7 Å². The highest BCUT2D eigenvalue weighted by molar-refractivity contribution is 6.23. The minimum absolute atomic E-state index is 0.152. The lowest BCUT2D eigenvalue weighted by molar-refractivity contribution is -0.132. The summed E-state index contributed by atoms with van der Waals surface area (Å²) in [5, 5.41) is 15.0. The quantitative estimate of drug-likeness (QED) is 0.445. The number of halogens is 2. The highest BCUT2D eigenvalue weighted by atomic mass is 19.1. The summed E-state index contributed by atoms with van der Waals surface area (Å²) in [6, 6.07) is 9.62. The Bertz CT molecular complexity index is 1240. The fourth-order valence-corrected chi connectivity index (χ4v) is 3.53. The van der Waals surface area contributed by atoms with Gasteiger partial charge in [-0.25, -0.2) is 13.8 Å². The number of hydrogen-bond acceptors (Lipinski definition) is 5. The first kappa shape index (κ1) is 21.3. The molecule has 7 nitrogen and oxygen atoms in total. The zero-order valence-corrected chi connectivity index (χ0v) is 16.7. The summed E-state index contributed by atoms with van der Waals surface area (Å²) in [5.41, 5.74) is 1.73. The summed E-state index contributed by atoms with van der Waals surface area (Å²) in [6.45, 7) is 1.37. The van der Waals surface area contributed by atoms with Gasteiger partial charge in [-0.3, -0.25) is 14.4 Å². The summed E-state index contributed by atoms with van der Waals surface area (Å²) >= 11 is 0. The maximum Gasteiger partial charge on any atom is 0.254 e. The fraction of sp³-hybridized carbons (Fsp3) is 0.130. The number of nitrogens with zero attached hydrogens (tertiary/aromatic N) is 1. The molecule has 0 aliphatic heterocycles. The first-order chi connectivity index (χ1) is 15.3. The molecule has 1 aromatic heterocycles. The summed E-state index contributed by atoms with van der Waals surface area (Å²) in [6.07, 6.45) is -0.483. The number of carbonyl (C=O) groups excluding carboxylic acids is 3. The van der Waals surface area contributed by atoms with E-state index in [4.69, 9.17) is 0 Å². The molecule has 0 bridgehead atoms. The number of carbonyl (C=O) groups is 3. The van der Waals surface area contributed by atoms with E-state index in [1.807, 2.05) is 0 Å². The van der Waals surface area contributed by atoms with Gasteiger partial charge in [-0.05, 0) is 36.2 Å². The smallest absolute Gasteiger partial charge is 0.254 e. The predicted octanol–water partition coefficient (Wildman–Crippen LogP) is 2.75. The number of fused-ring (bicyclic) bond motifs is 3. The van der Waals surface area contributed by atoms with E-state index in [1.54, 1.807) is 30.3 Å². The van der Waals surface area contributed by atoms with Crippen LogP contribution in [0.5, 0.6) is 0 Å². The standard InChI is InChI=1S/C23H17F2N3O4/c1-11(27-23(32)19(29)12-8-13(24)10-14(25)9-12)22(31)28-21-18-15-4-2-3-5-16(15)20(30)17(18)6-7-26-21/h2-11,19,29H,1H3,(H,27,32)(H,26,28,31)/t11-,19-/m0/s1. The van der Waals surface area contributed by atoms with Gasteiger partial charge in [-0.15, -0.1) is 0 Å². The molecular formula is C23H17F2N3O4. The molecule has 0 saturated heterocycles. The highest BCUT2D eigenvalue weighted by Crippen LogP contribution is 2.40. The fourth-order valence-electron chi connectivity index (χ4n) is 3.53. The molecule has 3 N–H and O–H groups in total. The van der Waals surface area contributed by atoms with Crippen LogP contribution >= 0.6 is 0 Å². The van der Waals surface area contributed by atoms with Crippen molar-refractivity contribution in [3.8, 4) is 11.1 Å². The van der Waals surface area contributed by atoms with E-state index in [0.717, 1.165) is 12.1 Å². The second kappa shape index (κ2) is 8.27. The van der Waals surface area contributed by atoms with Crippen molar-refractivity contribution in [3.63, 3.8) is 0 Å². The number of aromatic nitrogens is 1. The predicted molar refractivity (Wildman–Crippen MR) is 111 cm³/mol. The van der Waals surface area contributed by atoms with Gasteiger partial charge in [0.25, 0.3) is 5.91 Å². The molecule has 0 fully saturated rings. The van der Waals surface area contributed by atoms with Crippen LogP contribution in [0.3, 0.4) is 0 Å². The van der Waals surface area contributed by atoms with Crippen molar-refractivity contribution >= 4 is 23.4 Å². The van der Waals surface area contributed by atoms with Crippen molar-refractivity contribution in [2.75, 3.05) is 5.32 Å². The van der Waals surface area contributed by atoms with Crippen LogP contribution in [0.1, 0.15) is 34.5 Å². The van der Waals surface area contributed by atoms with Gasteiger partial charge in [0, 0.05) is 29.0 Å². The van der Waals surface area contributed by atoms with Crippen molar-refractivity contribution in [1.29, 1.82) is 0 Å². The molecule has 162 valence electrons. The molecule has 0 radical (unpaired) electrons. The van der Waals surface area contributed by atoms with Crippen molar-refractivity contribution < 1.29 is 28.3 Å². The van der Waals surface area contributed by atoms with Gasteiger partial charge in [-0.1, -0.05) is 24.3 Å². The first-order valence-corrected chi connectivity index (χ1v) is 9.64. The molecule has 0 spiro atoms. The van der Waals surface area contributed by atoms with Crippen molar-refractivity contribution in [3.05, 3.63) is 83.1 Å². The van der Waals surface area contributed by atoms with Gasteiger partial charge >= 0.3 is 0 Å². The van der Waals surface area contributed by atoms with Crippen LogP contribution < -0.4 is 10.6 Å². The number of hydrogen-bond donors (Lipinski definition) is 3. The third-order valence-electron chi connectivity index (χ3n) is 5.08. The van der Waals surface area contributed by atoms with Crippen LogP contribution in [0.2, 0.25) is 0 Å².